The highest BCUT2D eigenvalue weighted by Crippen LogP contribution is 2.28. The number of nitrogens with zero attached hydrogens (tertiary/aromatic N) is 3. The molecule has 2 bridgehead atoms. The molecule has 4 rings (SSSR count). The van der Waals surface area contributed by atoms with Gasteiger partial charge in [0.25, 0.3) is 5.56 Å². The largest absolute Gasteiger partial charge is 0.383 e. The van der Waals surface area contributed by atoms with Gasteiger partial charge in [-0.3, -0.25) is 14.5 Å². The molecule has 4 heterocycles. The Balaban J connectivity index is 1.60. The van der Waals surface area contributed by atoms with Crippen LogP contribution in [-0.2, 0) is 16.1 Å². The SMILES string of the molecule is COCCN1C[C@@H]2CC[C@H]1CN(C(=O)CCn1c(C)cccc1=O)C2. The van der Waals surface area contributed by atoms with Crippen LogP contribution in [-0.4, -0.2) is 66.2 Å². The summed E-state index contributed by atoms with van der Waals surface area (Å²) in [5.41, 5.74) is 0.872. The van der Waals surface area contributed by atoms with E-state index in [1.165, 1.54) is 6.42 Å². The van der Waals surface area contributed by atoms with Gasteiger partial charge in [-0.25, -0.2) is 0 Å². The third-order valence-corrected chi connectivity index (χ3v) is 5.58. The Hall–Kier alpha value is -1.66. The first kappa shape index (κ1) is 18.1. The minimum absolute atomic E-state index is 0.0329. The predicted octanol–water partition coefficient (Wildman–Crippen LogP) is 1.12. The Morgan fingerprint density at radius 2 is 2.04 bits per heavy atom. The van der Waals surface area contributed by atoms with Gasteiger partial charge in [0.05, 0.1) is 6.61 Å². The van der Waals surface area contributed by atoms with E-state index in [0.29, 0.717) is 24.9 Å². The van der Waals surface area contributed by atoms with Gasteiger partial charge in [0.2, 0.25) is 5.91 Å². The molecule has 2 atom stereocenters. The molecule has 138 valence electrons. The lowest BCUT2D eigenvalue weighted by Gasteiger charge is -2.35. The fourth-order valence-corrected chi connectivity index (χ4v) is 4.14. The van der Waals surface area contributed by atoms with E-state index in [1.54, 1.807) is 23.8 Å². The van der Waals surface area contributed by atoms with E-state index < -0.39 is 0 Å². The molecule has 6 heteroatoms. The molecule has 0 aromatic carbocycles. The maximum absolute atomic E-state index is 12.8. The molecule has 0 aliphatic carbocycles. The minimum Gasteiger partial charge on any atom is -0.383 e. The van der Waals surface area contributed by atoms with Gasteiger partial charge in [0.15, 0.2) is 0 Å². The number of aromatic nitrogens is 1. The van der Waals surface area contributed by atoms with Gasteiger partial charge in [-0.15, -0.1) is 0 Å². The van der Waals surface area contributed by atoms with Gasteiger partial charge in [0.1, 0.15) is 0 Å². The van der Waals surface area contributed by atoms with Crippen molar-refractivity contribution in [3.8, 4) is 0 Å². The highest BCUT2D eigenvalue weighted by Gasteiger charge is 2.35. The maximum atomic E-state index is 12.8. The monoisotopic (exact) mass is 347 g/mol. The molecular formula is C19H29N3O3. The van der Waals surface area contributed by atoms with E-state index in [9.17, 15) is 9.59 Å². The number of aryl methyl sites for hydroxylation is 1. The van der Waals surface area contributed by atoms with Crippen LogP contribution in [0.4, 0.5) is 0 Å². The van der Waals surface area contributed by atoms with Crippen LogP contribution in [0.3, 0.4) is 0 Å². The lowest BCUT2D eigenvalue weighted by atomic mass is 9.95. The summed E-state index contributed by atoms with van der Waals surface area (Å²) in [5, 5.41) is 0. The minimum atomic E-state index is -0.0329. The normalized spacial score (nSPS) is 23.7. The highest BCUT2D eigenvalue weighted by molar-refractivity contribution is 5.76. The molecule has 0 spiro atoms. The van der Waals surface area contributed by atoms with Crippen LogP contribution in [0.15, 0.2) is 23.0 Å². The lowest BCUT2D eigenvalue weighted by Crippen LogP contribution is -2.45. The average molecular weight is 347 g/mol. The van der Waals surface area contributed by atoms with Gasteiger partial charge in [0, 0.05) is 64.1 Å². The molecule has 1 amide bonds. The zero-order chi connectivity index (χ0) is 17.8. The third kappa shape index (κ3) is 4.30. The number of pyridine rings is 1. The lowest BCUT2D eigenvalue weighted by molar-refractivity contribution is -0.131. The number of rotatable bonds is 6. The zero-order valence-corrected chi connectivity index (χ0v) is 15.3. The van der Waals surface area contributed by atoms with Crippen molar-refractivity contribution in [1.82, 2.24) is 14.4 Å². The van der Waals surface area contributed by atoms with Crippen LogP contribution >= 0.6 is 0 Å². The number of carbonyl (C=O) groups excluding carboxylic acids is 1. The van der Waals surface area contributed by atoms with Crippen LogP contribution in [0.25, 0.3) is 0 Å². The van der Waals surface area contributed by atoms with E-state index in [2.05, 4.69) is 4.90 Å². The van der Waals surface area contributed by atoms with Crippen LogP contribution < -0.4 is 5.56 Å². The molecule has 3 aliphatic heterocycles. The molecule has 0 saturated carbocycles. The summed E-state index contributed by atoms with van der Waals surface area (Å²) in [6.45, 7) is 6.78. The van der Waals surface area contributed by atoms with Crippen LogP contribution in [0.1, 0.15) is 25.0 Å². The molecular weight excluding hydrogens is 318 g/mol. The van der Waals surface area contributed by atoms with E-state index in [4.69, 9.17) is 4.74 Å². The number of fused-ring (bicyclic) bond motifs is 4. The highest BCUT2D eigenvalue weighted by atomic mass is 16.5. The summed E-state index contributed by atoms with van der Waals surface area (Å²) in [7, 11) is 1.74. The Morgan fingerprint density at radius 3 is 2.80 bits per heavy atom. The second kappa shape index (κ2) is 8.15. The first-order valence-corrected chi connectivity index (χ1v) is 9.25. The quantitative estimate of drug-likeness (QED) is 0.774. The number of amides is 1. The maximum Gasteiger partial charge on any atom is 0.250 e. The summed E-state index contributed by atoms with van der Waals surface area (Å²) in [4.78, 5) is 29.2. The fraction of sp³-hybridized carbons (Fsp3) is 0.684. The van der Waals surface area contributed by atoms with Gasteiger partial charge >= 0.3 is 0 Å². The van der Waals surface area contributed by atoms with Crippen molar-refractivity contribution < 1.29 is 9.53 Å². The molecule has 3 saturated heterocycles. The molecule has 0 N–H and O–H groups in total. The molecule has 3 aliphatic rings. The van der Waals surface area contributed by atoms with E-state index >= 15 is 0 Å². The fourth-order valence-electron chi connectivity index (χ4n) is 4.14. The van der Waals surface area contributed by atoms with E-state index in [-0.39, 0.29) is 11.5 Å². The number of hydrogen-bond donors (Lipinski definition) is 0. The predicted molar refractivity (Wildman–Crippen MR) is 96.6 cm³/mol. The Morgan fingerprint density at radius 1 is 1.20 bits per heavy atom. The molecule has 1 aromatic rings. The average Bonchev–Trinajstić information content (AvgIpc) is 2.91. The molecule has 25 heavy (non-hydrogen) atoms. The standard InChI is InChI=1S/C19H29N3O3/c1-15-4-3-5-19(24)22(15)9-8-18(23)21-13-16-6-7-17(14-21)20(12-16)10-11-25-2/h3-5,16-17H,6-14H2,1-2H3/t16-,17-/m0/s1. The van der Waals surface area contributed by atoms with Gasteiger partial charge in [-0.05, 0) is 31.7 Å². The number of carbonyl (C=O) groups is 1. The molecule has 6 nitrogen and oxygen atoms in total. The third-order valence-electron chi connectivity index (χ3n) is 5.58. The molecule has 0 radical (unpaired) electrons. The Labute approximate surface area is 149 Å². The molecule has 0 unspecified atom stereocenters. The second-order valence-electron chi connectivity index (χ2n) is 7.29. The van der Waals surface area contributed by atoms with Crippen LogP contribution in [0.5, 0.6) is 0 Å². The summed E-state index contributed by atoms with van der Waals surface area (Å²) in [6.07, 6.45) is 2.76. The van der Waals surface area contributed by atoms with E-state index in [1.807, 2.05) is 17.9 Å². The smallest absolute Gasteiger partial charge is 0.250 e. The number of hydrogen-bond acceptors (Lipinski definition) is 4. The summed E-state index contributed by atoms with van der Waals surface area (Å²) < 4.78 is 6.91. The topological polar surface area (TPSA) is 54.8 Å². The number of ether oxygens (including phenoxy) is 1. The van der Waals surface area contributed by atoms with Gasteiger partial charge in [-0.1, -0.05) is 6.07 Å². The van der Waals surface area contributed by atoms with Crippen molar-refractivity contribution in [3.05, 3.63) is 34.2 Å². The van der Waals surface area contributed by atoms with Gasteiger partial charge in [-0.2, -0.15) is 0 Å². The van der Waals surface area contributed by atoms with Crippen molar-refractivity contribution in [3.63, 3.8) is 0 Å². The van der Waals surface area contributed by atoms with Gasteiger partial charge < -0.3 is 14.2 Å². The first-order valence-electron chi connectivity index (χ1n) is 9.25. The van der Waals surface area contributed by atoms with Crippen molar-refractivity contribution in [2.24, 2.45) is 5.92 Å². The Kier molecular flexibility index (Phi) is 5.91. The summed E-state index contributed by atoms with van der Waals surface area (Å²) >= 11 is 0. The van der Waals surface area contributed by atoms with Crippen molar-refractivity contribution in [2.75, 3.05) is 39.9 Å². The molecule has 1 aromatic heterocycles. The van der Waals surface area contributed by atoms with Crippen molar-refractivity contribution >= 4 is 5.91 Å². The van der Waals surface area contributed by atoms with Crippen LogP contribution in [0.2, 0.25) is 0 Å². The van der Waals surface area contributed by atoms with Crippen molar-refractivity contribution in [2.45, 2.75) is 38.8 Å². The van der Waals surface area contributed by atoms with Crippen molar-refractivity contribution in [1.29, 1.82) is 0 Å². The zero-order valence-electron chi connectivity index (χ0n) is 15.3. The number of methoxy groups -OCH3 is 1. The van der Waals surface area contributed by atoms with E-state index in [0.717, 1.165) is 44.9 Å². The summed E-state index contributed by atoms with van der Waals surface area (Å²) in [6, 6.07) is 5.67. The second-order valence-corrected chi connectivity index (χ2v) is 7.29. The van der Waals surface area contributed by atoms with Crippen LogP contribution in [0, 0.1) is 12.8 Å². The first-order chi connectivity index (χ1) is 12.1. The molecule has 3 fully saturated rings. The number of piperidine rings is 1. The summed E-state index contributed by atoms with van der Waals surface area (Å²) in [5.74, 6) is 0.724. The Bertz CT molecular complexity index is 658.